The number of benzene rings is 1. The van der Waals surface area contributed by atoms with Crippen molar-refractivity contribution in [1.82, 2.24) is 30.0 Å². The number of amides is 1. The SMILES string of the molecule is CC(C)c1noc(C2CCCN2C(=O)c2cnnn2-c2ccccc2)n1. The van der Waals surface area contributed by atoms with E-state index in [1.165, 1.54) is 6.20 Å². The lowest BCUT2D eigenvalue weighted by molar-refractivity contribution is 0.0700. The third kappa shape index (κ3) is 2.87. The second-order valence-corrected chi connectivity index (χ2v) is 6.67. The van der Waals surface area contributed by atoms with Crippen LogP contribution in [0, 0.1) is 0 Å². The van der Waals surface area contributed by atoms with E-state index in [1.807, 2.05) is 44.2 Å². The molecule has 1 atom stereocenters. The van der Waals surface area contributed by atoms with Gasteiger partial charge in [0, 0.05) is 12.5 Å². The Kier molecular flexibility index (Phi) is 4.24. The Morgan fingerprint density at radius 3 is 2.81 bits per heavy atom. The zero-order chi connectivity index (χ0) is 18.1. The molecule has 3 aromatic rings. The summed E-state index contributed by atoms with van der Waals surface area (Å²) in [6, 6.07) is 9.28. The molecule has 1 unspecified atom stereocenters. The van der Waals surface area contributed by atoms with Crippen molar-refractivity contribution in [1.29, 1.82) is 0 Å². The van der Waals surface area contributed by atoms with E-state index in [0.29, 0.717) is 24.0 Å². The minimum absolute atomic E-state index is 0.134. The van der Waals surface area contributed by atoms with Crippen molar-refractivity contribution in [3.63, 3.8) is 0 Å². The van der Waals surface area contributed by atoms with Crippen LogP contribution in [0.15, 0.2) is 41.1 Å². The predicted molar refractivity (Wildman–Crippen MR) is 92.8 cm³/mol. The van der Waals surface area contributed by atoms with E-state index in [2.05, 4.69) is 20.5 Å². The summed E-state index contributed by atoms with van der Waals surface area (Å²) >= 11 is 0. The molecule has 1 fully saturated rings. The van der Waals surface area contributed by atoms with E-state index >= 15 is 0 Å². The quantitative estimate of drug-likeness (QED) is 0.717. The fraction of sp³-hybridized carbons (Fsp3) is 0.389. The second-order valence-electron chi connectivity index (χ2n) is 6.67. The first-order valence-electron chi connectivity index (χ1n) is 8.75. The summed E-state index contributed by atoms with van der Waals surface area (Å²) in [6.07, 6.45) is 3.19. The summed E-state index contributed by atoms with van der Waals surface area (Å²) in [5.41, 5.74) is 1.22. The van der Waals surface area contributed by atoms with Gasteiger partial charge in [0.1, 0.15) is 6.04 Å². The molecule has 3 heterocycles. The summed E-state index contributed by atoms with van der Waals surface area (Å²) in [5, 5.41) is 12.0. The van der Waals surface area contributed by atoms with Crippen LogP contribution >= 0.6 is 0 Å². The van der Waals surface area contributed by atoms with Crippen molar-refractivity contribution in [2.24, 2.45) is 0 Å². The summed E-state index contributed by atoms with van der Waals surface area (Å²) in [7, 11) is 0. The number of carbonyl (C=O) groups excluding carboxylic acids is 1. The zero-order valence-electron chi connectivity index (χ0n) is 14.7. The number of hydrogen-bond donors (Lipinski definition) is 0. The molecule has 1 saturated heterocycles. The van der Waals surface area contributed by atoms with Crippen LogP contribution in [0.2, 0.25) is 0 Å². The lowest BCUT2D eigenvalue weighted by atomic mass is 10.2. The first-order chi connectivity index (χ1) is 12.6. The molecule has 0 radical (unpaired) electrons. The van der Waals surface area contributed by atoms with Crippen molar-refractivity contribution >= 4 is 5.91 Å². The summed E-state index contributed by atoms with van der Waals surface area (Å²) in [5.74, 6) is 1.21. The third-order valence-electron chi connectivity index (χ3n) is 4.54. The zero-order valence-corrected chi connectivity index (χ0v) is 14.7. The van der Waals surface area contributed by atoms with Gasteiger partial charge in [-0.3, -0.25) is 4.79 Å². The summed E-state index contributed by atoms with van der Waals surface area (Å²) < 4.78 is 6.99. The maximum Gasteiger partial charge on any atom is 0.274 e. The minimum Gasteiger partial charge on any atom is -0.337 e. The van der Waals surface area contributed by atoms with Gasteiger partial charge in [-0.25, -0.2) is 4.68 Å². The Morgan fingerprint density at radius 2 is 2.08 bits per heavy atom. The molecular weight excluding hydrogens is 332 g/mol. The van der Waals surface area contributed by atoms with E-state index in [0.717, 1.165) is 18.5 Å². The Hall–Kier alpha value is -3.03. The van der Waals surface area contributed by atoms with Crippen molar-refractivity contribution in [2.75, 3.05) is 6.54 Å². The van der Waals surface area contributed by atoms with Crippen LogP contribution < -0.4 is 0 Å². The fourth-order valence-electron chi connectivity index (χ4n) is 3.17. The van der Waals surface area contributed by atoms with Crippen LogP contribution in [0.3, 0.4) is 0 Å². The van der Waals surface area contributed by atoms with Gasteiger partial charge in [0.2, 0.25) is 5.89 Å². The van der Waals surface area contributed by atoms with Gasteiger partial charge in [0.05, 0.1) is 11.9 Å². The maximum atomic E-state index is 13.2. The van der Waals surface area contributed by atoms with Crippen molar-refractivity contribution in [3.8, 4) is 5.69 Å². The molecule has 0 spiro atoms. The largest absolute Gasteiger partial charge is 0.337 e. The van der Waals surface area contributed by atoms with E-state index in [4.69, 9.17) is 4.52 Å². The van der Waals surface area contributed by atoms with Crippen LogP contribution in [-0.2, 0) is 0 Å². The Morgan fingerprint density at radius 1 is 1.27 bits per heavy atom. The number of rotatable bonds is 4. The molecule has 4 rings (SSSR count). The average molecular weight is 352 g/mol. The highest BCUT2D eigenvalue weighted by Gasteiger charge is 2.36. The van der Waals surface area contributed by atoms with Gasteiger partial charge < -0.3 is 9.42 Å². The van der Waals surface area contributed by atoms with Crippen molar-refractivity contribution in [2.45, 2.75) is 38.6 Å². The first-order valence-corrected chi connectivity index (χ1v) is 8.75. The van der Waals surface area contributed by atoms with E-state index in [-0.39, 0.29) is 17.9 Å². The number of hydrogen-bond acceptors (Lipinski definition) is 6. The fourth-order valence-corrected chi connectivity index (χ4v) is 3.17. The van der Waals surface area contributed by atoms with Crippen LogP contribution in [0.25, 0.3) is 5.69 Å². The van der Waals surface area contributed by atoms with Gasteiger partial charge in [0.25, 0.3) is 5.91 Å². The van der Waals surface area contributed by atoms with Gasteiger partial charge in [-0.1, -0.05) is 42.4 Å². The number of aromatic nitrogens is 5. The molecule has 1 aliphatic rings. The van der Waals surface area contributed by atoms with Crippen LogP contribution in [0.5, 0.6) is 0 Å². The molecule has 26 heavy (non-hydrogen) atoms. The number of para-hydroxylation sites is 1. The van der Waals surface area contributed by atoms with Gasteiger partial charge in [0.15, 0.2) is 11.5 Å². The van der Waals surface area contributed by atoms with Crippen molar-refractivity contribution < 1.29 is 9.32 Å². The molecule has 0 N–H and O–H groups in total. The monoisotopic (exact) mass is 352 g/mol. The van der Waals surface area contributed by atoms with E-state index in [1.54, 1.807) is 9.58 Å². The van der Waals surface area contributed by atoms with Crippen LogP contribution in [0.1, 0.15) is 60.9 Å². The minimum atomic E-state index is -0.207. The van der Waals surface area contributed by atoms with E-state index in [9.17, 15) is 4.79 Å². The highest BCUT2D eigenvalue weighted by Crippen LogP contribution is 2.32. The molecular formula is C18H20N6O2. The Labute approximate surface area is 150 Å². The molecule has 8 nitrogen and oxygen atoms in total. The van der Waals surface area contributed by atoms with Gasteiger partial charge in [-0.05, 0) is 25.0 Å². The predicted octanol–water partition coefficient (Wildman–Crippen LogP) is 2.75. The highest BCUT2D eigenvalue weighted by atomic mass is 16.5. The Balaban J connectivity index is 1.63. The molecule has 8 heteroatoms. The Bertz CT molecular complexity index is 901. The lowest BCUT2D eigenvalue weighted by Crippen LogP contribution is -2.32. The summed E-state index contributed by atoms with van der Waals surface area (Å²) in [6.45, 7) is 4.66. The van der Waals surface area contributed by atoms with E-state index < -0.39 is 0 Å². The summed E-state index contributed by atoms with van der Waals surface area (Å²) in [4.78, 5) is 19.4. The molecule has 1 aliphatic heterocycles. The molecule has 0 bridgehead atoms. The molecule has 0 aliphatic carbocycles. The number of nitrogens with zero attached hydrogens (tertiary/aromatic N) is 6. The molecule has 2 aromatic heterocycles. The van der Waals surface area contributed by atoms with Gasteiger partial charge >= 0.3 is 0 Å². The van der Waals surface area contributed by atoms with Crippen LogP contribution in [0.4, 0.5) is 0 Å². The second kappa shape index (κ2) is 6.70. The van der Waals surface area contributed by atoms with Crippen molar-refractivity contribution in [3.05, 3.63) is 53.9 Å². The standard InChI is InChI=1S/C18H20N6O2/c1-12(2)16-20-17(26-21-16)14-9-6-10-23(14)18(25)15-11-19-22-24(15)13-7-4-3-5-8-13/h3-5,7-8,11-12,14H,6,9-10H2,1-2H3. The third-order valence-corrected chi connectivity index (χ3v) is 4.54. The molecule has 0 saturated carbocycles. The smallest absolute Gasteiger partial charge is 0.274 e. The normalized spacial score (nSPS) is 17.2. The average Bonchev–Trinajstić information content (AvgIpc) is 3.41. The lowest BCUT2D eigenvalue weighted by Gasteiger charge is -2.21. The number of carbonyl (C=O) groups is 1. The topological polar surface area (TPSA) is 89.9 Å². The van der Waals surface area contributed by atoms with Gasteiger partial charge in [-0.2, -0.15) is 4.98 Å². The maximum absolute atomic E-state index is 13.2. The molecule has 1 aromatic carbocycles. The van der Waals surface area contributed by atoms with Crippen LogP contribution in [-0.4, -0.2) is 42.5 Å². The number of likely N-dealkylation sites (tertiary alicyclic amines) is 1. The molecule has 1 amide bonds. The van der Waals surface area contributed by atoms with Gasteiger partial charge in [-0.15, -0.1) is 5.10 Å². The highest BCUT2D eigenvalue weighted by molar-refractivity contribution is 5.93. The molecule has 134 valence electrons. The first kappa shape index (κ1) is 16.4.